The van der Waals surface area contributed by atoms with E-state index in [1.54, 1.807) is 42.5 Å². The fourth-order valence-electron chi connectivity index (χ4n) is 3.84. The standard InChI is InChI=1S/C28H26ClN3O2/c1-18-7-11-21(12-8-18)27(33)32-26(17-20-9-13-22(29)14-10-20)28(34)30-16-15-23-19(2)31-25-6-4-3-5-24(23)25/h3-14,17,31H,15-16H2,1-2H3,(H,30,34)(H,32,33)/b26-17-. The van der Waals surface area contributed by atoms with Crippen LogP contribution in [0.15, 0.2) is 78.5 Å². The van der Waals surface area contributed by atoms with Crippen LogP contribution < -0.4 is 10.6 Å². The normalized spacial score (nSPS) is 11.4. The van der Waals surface area contributed by atoms with Crippen LogP contribution in [0.2, 0.25) is 5.02 Å². The fraction of sp³-hybridized carbons (Fsp3) is 0.143. The van der Waals surface area contributed by atoms with Gasteiger partial charge in [-0.3, -0.25) is 9.59 Å². The number of carbonyl (C=O) groups excluding carboxylic acids is 2. The van der Waals surface area contributed by atoms with Crippen LogP contribution >= 0.6 is 11.6 Å². The Morgan fingerprint density at radius 2 is 1.65 bits per heavy atom. The van der Waals surface area contributed by atoms with Gasteiger partial charge in [-0.1, -0.05) is 59.6 Å². The smallest absolute Gasteiger partial charge is 0.267 e. The van der Waals surface area contributed by atoms with Gasteiger partial charge in [-0.2, -0.15) is 0 Å². The first-order valence-electron chi connectivity index (χ1n) is 11.1. The van der Waals surface area contributed by atoms with Gasteiger partial charge in [-0.25, -0.2) is 0 Å². The molecule has 172 valence electrons. The van der Waals surface area contributed by atoms with Crippen molar-refractivity contribution < 1.29 is 9.59 Å². The molecular formula is C28H26ClN3O2. The van der Waals surface area contributed by atoms with Crippen molar-refractivity contribution in [1.82, 2.24) is 15.6 Å². The minimum Gasteiger partial charge on any atom is -0.358 e. The fourth-order valence-corrected chi connectivity index (χ4v) is 3.96. The van der Waals surface area contributed by atoms with E-state index in [2.05, 4.69) is 21.7 Å². The zero-order valence-electron chi connectivity index (χ0n) is 19.1. The molecule has 6 heteroatoms. The van der Waals surface area contributed by atoms with E-state index in [4.69, 9.17) is 11.6 Å². The van der Waals surface area contributed by atoms with Crippen LogP contribution in [0.1, 0.15) is 32.7 Å². The number of nitrogens with one attached hydrogen (secondary N) is 3. The van der Waals surface area contributed by atoms with E-state index >= 15 is 0 Å². The summed E-state index contributed by atoms with van der Waals surface area (Å²) >= 11 is 5.99. The van der Waals surface area contributed by atoms with Gasteiger partial charge in [0.1, 0.15) is 5.70 Å². The number of rotatable bonds is 7. The number of benzene rings is 3. The highest BCUT2D eigenvalue weighted by molar-refractivity contribution is 6.30. The number of hydrogen-bond donors (Lipinski definition) is 3. The largest absolute Gasteiger partial charge is 0.358 e. The molecule has 0 bridgehead atoms. The van der Waals surface area contributed by atoms with Crippen molar-refractivity contribution in [2.24, 2.45) is 0 Å². The zero-order chi connectivity index (χ0) is 24.1. The molecule has 3 N–H and O–H groups in total. The van der Waals surface area contributed by atoms with E-state index in [9.17, 15) is 9.59 Å². The Morgan fingerprint density at radius 3 is 2.38 bits per heavy atom. The van der Waals surface area contributed by atoms with Gasteiger partial charge < -0.3 is 15.6 Å². The Labute approximate surface area is 203 Å². The minimum atomic E-state index is -0.354. The molecule has 0 aliphatic carbocycles. The third kappa shape index (κ3) is 5.56. The topological polar surface area (TPSA) is 74.0 Å². The lowest BCUT2D eigenvalue weighted by Crippen LogP contribution is -2.35. The summed E-state index contributed by atoms with van der Waals surface area (Å²) < 4.78 is 0. The summed E-state index contributed by atoms with van der Waals surface area (Å²) in [7, 11) is 0. The number of aryl methyl sites for hydroxylation is 2. The van der Waals surface area contributed by atoms with E-state index in [1.807, 2.05) is 44.2 Å². The van der Waals surface area contributed by atoms with E-state index in [0.717, 1.165) is 27.7 Å². The van der Waals surface area contributed by atoms with Crippen LogP contribution in [-0.4, -0.2) is 23.3 Å². The van der Waals surface area contributed by atoms with Gasteiger partial charge in [0.25, 0.3) is 11.8 Å². The lowest BCUT2D eigenvalue weighted by atomic mass is 10.1. The van der Waals surface area contributed by atoms with Crippen molar-refractivity contribution in [3.63, 3.8) is 0 Å². The molecule has 34 heavy (non-hydrogen) atoms. The van der Waals surface area contributed by atoms with E-state index in [-0.39, 0.29) is 17.5 Å². The highest BCUT2D eigenvalue weighted by Crippen LogP contribution is 2.22. The lowest BCUT2D eigenvalue weighted by Gasteiger charge is -2.12. The Bertz CT molecular complexity index is 1350. The number of hydrogen-bond acceptors (Lipinski definition) is 2. The molecule has 1 aromatic heterocycles. The Morgan fingerprint density at radius 1 is 0.941 bits per heavy atom. The average Bonchev–Trinajstić information content (AvgIpc) is 3.15. The number of H-pyrrole nitrogens is 1. The van der Waals surface area contributed by atoms with Gasteiger partial charge in [0.05, 0.1) is 0 Å². The summed E-state index contributed by atoms with van der Waals surface area (Å²) in [5, 5.41) is 7.47. The maximum atomic E-state index is 13.1. The monoisotopic (exact) mass is 471 g/mol. The number of aromatic nitrogens is 1. The molecule has 4 aromatic rings. The van der Waals surface area contributed by atoms with Crippen LogP contribution in [0.5, 0.6) is 0 Å². The SMILES string of the molecule is Cc1ccc(C(=O)N/C(=C\c2ccc(Cl)cc2)C(=O)NCCc2c(C)[nH]c3ccccc23)cc1. The van der Waals surface area contributed by atoms with Crippen molar-refractivity contribution in [3.8, 4) is 0 Å². The van der Waals surface area contributed by atoms with E-state index in [0.29, 0.717) is 23.6 Å². The summed E-state index contributed by atoms with van der Waals surface area (Å²) in [4.78, 5) is 29.3. The molecular weight excluding hydrogens is 446 g/mol. The third-order valence-electron chi connectivity index (χ3n) is 5.68. The summed E-state index contributed by atoms with van der Waals surface area (Å²) in [6, 6.07) is 22.4. The Balaban J connectivity index is 1.50. The van der Waals surface area contributed by atoms with Gasteiger partial charge in [0, 0.05) is 33.7 Å². The number of para-hydroxylation sites is 1. The van der Waals surface area contributed by atoms with Crippen molar-refractivity contribution in [1.29, 1.82) is 0 Å². The second kappa shape index (κ2) is 10.4. The number of carbonyl (C=O) groups is 2. The second-order valence-corrected chi connectivity index (χ2v) is 8.65. The number of halogens is 1. The van der Waals surface area contributed by atoms with Gasteiger partial charge in [-0.15, -0.1) is 0 Å². The van der Waals surface area contributed by atoms with Gasteiger partial charge in [-0.05, 0) is 67.8 Å². The Hall–Kier alpha value is -3.83. The minimum absolute atomic E-state index is 0.170. The highest BCUT2D eigenvalue weighted by Gasteiger charge is 2.15. The molecule has 0 aliphatic heterocycles. The van der Waals surface area contributed by atoms with Crippen molar-refractivity contribution in [3.05, 3.63) is 111 Å². The predicted molar refractivity (Wildman–Crippen MR) is 138 cm³/mol. The number of aromatic amines is 1. The van der Waals surface area contributed by atoms with Crippen LogP contribution in [-0.2, 0) is 11.2 Å². The third-order valence-corrected chi connectivity index (χ3v) is 5.93. The molecule has 1 heterocycles. The van der Waals surface area contributed by atoms with Gasteiger partial charge in [0.15, 0.2) is 0 Å². The van der Waals surface area contributed by atoms with Crippen LogP contribution in [0.25, 0.3) is 17.0 Å². The molecule has 3 aromatic carbocycles. The van der Waals surface area contributed by atoms with Gasteiger partial charge >= 0.3 is 0 Å². The average molecular weight is 472 g/mol. The van der Waals surface area contributed by atoms with Crippen molar-refractivity contribution >= 4 is 40.4 Å². The second-order valence-electron chi connectivity index (χ2n) is 8.21. The summed E-state index contributed by atoms with van der Waals surface area (Å²) in [6.45, 7) is 4.42. The maximum absolute atomic E-state index is 13.1. The molecule has 4 rings (SSSR count). The summed E-state index contributed by atoms with van der Waals surface area (Å²) in [6.07, 6.45) is 2.32. The Kier molecular flexibility index (Phi) is 7.14. The first kappa shape index (κ1) is 23.3. The zero-order valence-corrected chi connectivity index (χ0v) is 19.9. The molecule has 0 aliphatic rings. The molecule has 5 nitrogen and oxygen atoms in total. The van der Waals surface area contributed by atoms with Crippen LogP contribution in [0.4, 0.5) is 0 Å². The lowest BCUT2D eigenvalue weighted by molar-refractivity contribution is -0.117. The van der Waals surface area contributed by atoms with E-state index < -0.39 is 0 Å². The molecule has 0 saturated heterocycles. The summed E-state index contributed by atoms with van der Waals surface area (Å²) in [5.41, 5.74) is 5.79. The molecule has 0 atom stereocenters. The molecule has 0 saturated carbocycles. The number of fused-ring (bicyclic) bond motifs is 1. The van der Waals surface area contributed by atoms with E-state index in [1.165, 1.54) is 5.56 Å². The highest BCUT2D eigenvalue weighted by atomic mass is 35.5. The van der Waals surface area contributed by atoms with Crippen molar-refractivity contribution in [2.45, 2.75) is 20.3 Å². The first-order valence-corrected chi connectivity index (χ1v) is 11.5. The van der Waals surface area contributed by atoms with Crippen molar-refractivity contribution in [2.75, 3.05) is 6.54 Å². The number of amides is 2. The maximum Gasteiger partial charge on any atom is 0.267 e. The molecule has 0 radical (unpaired) electrons. The quantitative estimate of drug-likeness (QED) is 0.308. The molecule has 0 fully saturated rings. The van der Waals surface area contributed by atoms with Gasteiger partial charge in [0.2, 0.25) is 0 Å². The summed E-state index contributed by atoms with van der Waals surface area (Å²) in [5.74, 6) is -0.698. The van der Waals surface area contributed by atoms with Crippen LogP contribution in [0.3, 0.4) is 0 Å². The molecule has 2 amide bonds. The predicted octanol–water partition coefficient (Wildman–Crippen LogP) is 5.57. The molecule has 0 spiro atoms. The first-order chi connectivity index (χ1) is 16.4. The van der Waals surface area contributed by atoms with Crippen LogP contribution in [0, 0.1) is 13.8 Å². The molecule has 0 unspecified atom stereocenters.